The number of esters is 1. The number of rotatable bonds is 7. The molecule has 0 fully saturated rings. The quantitative estimate of drug-likeness (QED) is 0.746. The van der Waals surface area contributed by atoms with E-state index in [-0.39, 0.29) is 24.7 Å². The number of nitrogens with zero attached hydrogens (tertiary/aromatic N) is 1. The van der Waals surface area contributed by atoms with Crippen LogP contribution in [0.2, 0.25) is 0 Å². The predicted molar refractivity (Wildman–Crippen MR) is 83.3 cm³/mol. The second-order valence-electron chi connectivity index (χ2n) is 4.51. The van der Waals surface area contributed by atoms with Crippen LogP contribution in [0.3, 0.4) is 0 Å². The van der Waals surface area contributed by atoms with Crippen LogP contribution in [0.15, 0.2) is 24.3 Å². The van der Waals surface area contributed by atoms with Crippen molar-refractivity contribution in [2.75, 3.05) is 30.9 Å². The Kier molecular flexibility index (Phi) is 6.51. The van der Waals surface area contributed by atoms with Crippen LogP contribution < -0.4 is 9.62 Å². The first-order valence-corrected chi connectivity index (χ1v) is 8.39. The van der Waals surface area contributed by atoms with Crippen LogP contribution >= 0.6 is 0 Å². The third kappa shape index (κ3) is 5.12. The summed E-state index contributed by atoms with van der Waals surface area (Å²) in [7, 11) is -2.04. The zero-order valence-corrected chi connectivity index (χ0v) is 13.6. The summed E-state index contributed by atoms with van der Waals surface area (Å²) in [6, 6.07) is 6.41. The highest BCUT2D eigenvalue weighted by atomic mass is 32.2. The van der Waals surface area contributed by atoms with Gasteiger partial charge in [-0.05, 0) is 25.1 Å². The number of hydrogen-bond acceptors (Lipinski definition) is 5. The summed E-state index contributed by atoms with van der Waals surface area (Å²) >= 11 is 0. The van der Waals surface area contributed by atoms with Gasteiger partial charge in [0.25, 0.3) is 0 Å². The maximum atomic E-state index is 11.8. The summed E-state index contributed by atoms with van der Waals surface area (Å²) in [5, 5.41) is 0. The van der Waals surface area contributed by atoms with Gasteiger partial charge in [0.1, 0.15) is 0 Å². The Labute approximate surface area is 130 Å². The molecule has 0 unspecified atom stereocenters. The minimum Gasteiger partial charge on any atom is -0.465 e. The molecule has 0 saturated carbocycles. The van der Waals surface area contributed by atoms with Crippen molar-refractivity contribution in [3.8, 4) is 0 Å². The Balaban J connectivity index is 2.88. The van der Waals surface area contributed by atoms with E-state index in [1.54, 1.807) is 18.2 Å². The molecule has 0 aliphatic carbocycles. The summed E-state index contributed by atoms with van der Waals surface area (Å²) < 4.78 is 29.8. The number of anilines is 1. The molecule has 0 aromatic heterocycles. The SMILES string of the molecule is CCS(=O)(=O)NCCN(C(C)=O)c1cccc(C(=O)OC)c1. The Hall–Kier alpha value is -1.93. The second-order valence-corrected chi connectivity index (χ2v) is 6.61. The fraction of sp³-hybridized carbons (Fsp3) is 0.429. The average Bonchev–Trinajstić information content (AvgIpc) is 2.50. The molecule has 0 radical (unpaired) electrons. The zero-order chi connectivity index (χ0) is 16.8. The largest absolute Gasteiger partial charge is 0.465 e. The smallest absolute Gasteiger partial charge is 0.337 e. The normalized spacial score (nSPS) is 11.0. The number of nitrogens with one attached hydrogen (secondary N) is 1. The molecule has 7 nitrogen and oxygen atoms in total. The molecule has 0 saturated heterocycles. The predicted octanol–water partition coefficient (Wildman–Crippen LogP) is 0.765. The fourth-order valence-corrected chi connectivity index (χ4v) is 2.41. The van der Waals surface area contributed by atoms with Crippen molar-refractivity contribution in [3.05, 3.63) is 29.8 Å². The molecule has 0 heterocycles. The maximum absolute atomic E-state index is 11.8. The number of sulfonamides is 1. The van der Waals surface area contributed by atoms with Gasteiger partial charge in [0, 0.05) is 25.7 Å². The minimum absolute atomic E-state index is 0.0229. The minimum atomic E-state index is -3.31. The number of carbonyl (C=O) groups is 2. The van der Waals surface area contributed by atoms with Gasteiger partial charge in [-0.3, -0.25) is 4.79 Å². The molecule has 1 amide bonds. The Bertz CT molecular complexity index is 642. The highest BCUT2D eigenvalue weighted by molar-refractivity contribution is 7.89. The van der Waals surface area contributed by atoms with Gasteiger partial charge in [-0.15, -0.1) is 0 Å². The monoisotopic (exact) mass is 328 g/mol. The highest BCUT2D eigenvalue weighted by Crippen LogP contribution is 2.17. The van der Waals surface area contributed by atoms with Crippen molar-refractivity contribution in [3.63, 3.8) is 0 Å². The first-order chi connectivity index (χ1) is 10.3. The Morgan fingerprint density at radius 3 is 2.55 bits per heavy atom. The van der Waals surface area contributed by atoms with Crippen molar-refractivity contribution in [1.29, 1.82) is 0 Å². The van der Waals surface area contributed by atoms with Crippen LogP contribution in [0.1, 0.15) is 24.2 Å². The summed E-state index contributed by atoms with van der Waals surface area (Å²) in [6.45, 7) is 3.17. The molecule has 1 aromatic carbocycles. The highest BCUT2D eigenvalue weighted by Gasteiger charge is 2.15. The third-order valence-electron chi connectivity index (χ3n) is 3.00. The van der Waals surface area contributed by atoms with Gasteiger partial charge in [0.15, 0.2) is 0 Å². The molecular formula is C14H20N2O5S. The molecule has 0 aliphatic rings. The lowest BCUT2D eigenvalue weighted by Crippen LogP contribution is -2.38. The summed E-state index contributed by atoms with van der Waals surface area (Å²) in [4.78, 5) is 24.7. The summed E-state index contributed by atoms with van der Waals surface area (Å²) in [5.41, 5.74) is 0.825. The van der Waals surface area contributed by atoms with E-state index in [0.29, 0.717) is 11.3 Å². The Morgan fingerprint density at radius 2 is 2.00 bits per heavy atom. The van der Waals surface area contributed by atoms with Gasteiger partial charge >= 0.3 is 5.97 Å². The van der Waals surface area contributed by atoms with Crippen LogP contribution in [0.4, 0.5) is 5.69 Å². The van der Waals surface area contributed by atoms with E-state index >= 15 is 0 Å². The van der Waals surface area contributed by atoms with Crippen LogP contribution in [-0.4, -0.2) is 46.2 Å². The summed E-state index contributed by atoms with van der Waals surface area (Å²) in [6.07, 6.45) is 0. The lowest BCUT2D eigenvalue weighted by atomic mass is 10.2. The molecule has 8 heteroatoms. The van der Waals surface area contributed by atoms with Gasteiger partial charge in [-0.1, -0.05) is 6.07 Å². The topological polar surface area (TPSA) is 92.8 Å². The fourth-order valence-electron chi connectivity index (χ4n) is 1.80. The van der Waals surface area contributed by atoms with Crippen molar-refractivity contribution in [2.24, 2.45) is 0 Å². The van der Waals surface area contributed by atoms with Gasteiger partial charge in [0.05, 0.1) is 18.4 Å². The lowest BCUT2D eigenvalue weighted by Gasteiger charge is -2.21. The maximum Gasteiger partial charge on any atom is 0.337 e. The molecule has 0 bridgehead atoms. The lowest BCUT2D eigenvalue weighted by molar-refractivity contribution is -0.116. The molecular weight excluding hydrogens is 308 g/mol. The molecule has 0 atom stereocenters. The number of carbonyl (C=O) groups excluding carboxylic acids is 2. The number of benzene rings is 1. The van der Waals surface area contributed by atoms with Crippen LogP contribution in [0, 0.1) is 0 Å². The Morgan fingerprint density at radius 1 is 1.32 bits per heavy atom. The van der Waals surface area contributed by atoms with E-state index in [9.17, 15) is 18.0 Å². The van der Waals surface area contributed by atoms with E-state index in [2.05, 4.69) is 9.46 Å². The van der Waals surface area contributed by atoms with Gasteiger partial charge < -0.3 is 9.64 Å². The molecule has 0 spiro atoms. The van der Waals surface area contributed by atoms with Gasteiger partial charge in [0.2, 0.25) is 15.9 Å². The molecule has 22 heavy (non-hydrogen) atoms. The molecule has 122 valence electrons. The van der Waals surface area contributed by atoms with E-state index < -0.39 is 16.0 Å². The number of hydrogen-bond donors (Lipinski definition) is 1. The summed E-state index contributed by atoms with van der Waals surface area (Å²) in [5.74, 6) is -0.778. The van der Waals surface area contributed by atoms with E-state index in [1.807, 2.05) is 0 Å². The molecule has 1 aromatic rings. The molecule has 1 rings (SSSR count). The zero-order valence-electron chi connectivity index (χ0n) is 12.8. The molecule has 1 N–H and O–H groups in total. The van der Waals surface area contributed by atoms with Crippen molar-refractivity contribution < 1.29 is 22.7 Å². The van der Waals surface area contributed by atoms with Crippen LogP contribution in [-0.2, 0) is 19.6 Å². The first-order valence-electron chi connectivity index (χ1n) is 6.74. The van der Waals surface area contributed by atoms with E-state index in [4.69, 9.17) is 0 Å². The van der Waals surface area contributed by atoms with Crippen molar-refractivity contribution in [1.82, 2.24) is 4.72 Å². The van der Waals surface area contributed by atoms with Crippen LogP contribution in [0.25, 0.3) is 0 Å². The van der Waals surface area contributed by atoms with Crippen molar-refractivity contribution in [2.45, 2.75) is 13.8 Å². The average molecular weight is 328 g/mol. The van der Waals surface area contributed by atoms with Crippen molar-refractivity contribution >= 4 is 27.6 Å². The first kappa shape index (κ1) is 18.1. The van der Waals surface area contributed by atoms with Gasteiger partial charge in [-0.2, -0.15) is 0 Å². The standard InChI is InChI=1S/C14H20N2O5S/c1-4-22(19,20)15-8-9-16(11(2)17)13-7-5-6-12(10-13)14(18)21-3/h5-7,10,15H,4,8-9H2,1-3H3. The molecule has 0 aliphatic heterocycles. The van der Waals surface area contributed by atoms with Gasteiger partial charge in [-0.25, -0.2) is 17.9 Å². The number of amides is 1. The number of ether oxygens (including phenoxy) is 1. The second kappa shape index (κ2) is 7.90. The van der Waals surface area contributed by atoms with E-state index in [1.165, 1.54) is 31.9 Å². The van der Waals surface area contributed by atoms with E-state index in [0.717, 1.165) is 0 Å². The third-order valence-corrected chi connectivity index (χ3v) is 4.40. The number of methoxy groups -OCH3 is 1. The van der Waals surface area contributed by atoms with Crippen LogP contribution in [0.5, 0.6) is 0 Å².